The van der Waals surface area contributed by atoms with Gasteiger partial charge in [0, 0.05) is 44.2 Å². The lowest BCUT2D eigenvalue weighted by atomic mass is 9.55. The van der Waals surface area contributed by atoms with Crippen molar-refractivity contribution in [3.63, 3.8) is 0 Å². The van der Waals surface area contributed by atoms with E-state index in [1.54, 1.807) is 30.0 Å². The topological polar surface area (TPSA) is 178 Å². The van der Waals surface area contributed by atoms with E-state index in [4.69, 9.17) is 33.7 Å². The first-order valence-corrected chi connectivity index (χ1v) is 19.8. The number of benzene rings is 1. The van der Waals surface area contributed by atoms with E-state index in [1.807, 2.05) is 33.8 Å². The number of hydrogen-bond donors (Lipinski definition) is 4. The van der Waals surface area contributed by atoms with Crippen molar-refractivity contribution in [1.29, 1.82) is 0 Å². The number of unbranched alkanes of at least 4 members (excludes halogenated alkanes) is 2. The van der Waals surface area contributed by atoms with Gasteiger partial charge in [-0.3, -0.25) is 4.90 Å². The Morgan fingerprint density at radius 1 is 1.07 bits per heavy atom. The predicted molar refractivity (Wildman–Crippen MR) is 207 cm³/mol. The van der Waals surface area contributed by atoms with Gasteiger partial charge in [-0.15, -0.1) is 6.58 Å². The number of rotatable bonds is 21. The number of aliphatic hydroxyl groups excluding tert-OH is 3. The Morgan fingerprint density at radius 2 is 1.82 bits per heavy atom. The minimum atomic E-state index is -1.49. The molecular weight excluding hydrogens is 710 g/mol. The highest BCUT2D eigenvalue weighted by atomic mass is 16.7. The zero-order valence-electron chi connectivity index (χ0n) is 33.3. The van der Waals surface area contributed by atoms with E-state index in [2.05, 4.69) is 18.0 Å². The second-order valence-corrected chi connectivity index (χ2v) is 15.1. The smallest absolute Gasteiger partial charge is 0.412 e. The number of aliphatic hydroxyl groups is 3. The van der Waals surface area contributed by atoms with Crippen LogP contribution in [0.25, 0.3) is 0 Å². The fraction of sp³-hybridized carbons (Fsp3) is 0.683. The number of allylic oxidation sites excluding steroid dienone is 1. The van der Waals surface area contributed by atoms with Crippen LogP contribution in [0.15, 0.2) is 47.7 Å². The van der Waals surface area contributed by atoms with Crippen LogP contribution in [-0.4, -0.2) is 115 Å². The van der Waals surface area contributed by atoms with Gasteiger partial charge >= 0.3 is 12.2 Å². The summed E-state index contributed by atoms with van der Waals surface area (Å²) in [5.41, 5.74) is 1.71. The molecule has 0 aromatic heterocycles. The number of ether oxygens (including phenoxy) is 5. The van der Waals surface area contributed by atoms with Crippen LogP contribution in [0.1, 0.15) is 91.0 Å². The van der Waals surface area contributed by atoms with E-state index in [1.165, 1.54) is 0 Å². The molecule has 3 aliphatic rings. The van der Waals surface area contributed by atoms with Crippen LogP contribution in [0, 0.1) is 17.8 Å². The molecule has 0 unspecified atom stereocenters. The number of oxime groups is 1. The van der Waals surface area contributed by atoms with Crippen LogP contribution in [0.2, 0.25) is 0 Å². The molecule has 1 aromatic rings. The van der Waals surface area contributed by atoms with Gasteiger partial charge in [-0.25, -0.2) is 9.59 Å². The van der Waals surface area contributed by atoms with Gasteiger partial charge in [0.2, 0.25) is 5.79 Å². The van der Waals surface area contributed by atoms with E-state index in [9.17, 15) is 24.9 Å². The lowest BCUT2D eigenvalue weighted by Gasteiger charge is -2.59. The number of amides is 2. The van der Waals surface area contributed by atoms with Gasteiger partial charge in [0.15, 0.2) is 0 Å². The van der Waals surface area contributed by atoms with Gasteiger partial charge in [-0.05, 0) is 95.9 Å². The van der Waals surface area contributed by atoms with Crippen molar-refractivity contribution >= 4 is 17.9 Å². The molecule has 0 bridgehead atoms. The molecule has 6 atom stereocenters. The number of fused-ring (bicyclic) bond motifs is 2. The zero-order chi connectivity index (χ0) is 40.0. The Kier molecular flexibility index (Phi) is 16.8. The molecule has 308 valence electrons. The van der Waals surface area contributed by atoms with Crippen molar-refractivity contribution in [2.75, 3.05) is 59.3 Å². The maximum atomic E-state index is 14.0. The quantitative estimate of drug-likeness (QED) is 0.0685. The number of nitrogens with one attached hydrogen (secondary N) is 1. The van der Waals surface area contributed by atoms with Crippen LogP contribution in [0.3, 0.4) is 0 Å². The van der Waals surface area contributed by atoms with Crippen molar-refractivity contribution in [2.45, 2.75) is 103 Å². The Balaban J connectivity index is 2.05. The number of carbonyl (C=O) groups is 2. The highest BCUT2D eigenvalue weighted by molar-refractivity contribution is 6.03. The molecule has 2 aliphatic carbocycles. The van der Waals surface area contributed by atoms with Crippen molar-refractivity contribution in [3.05, 3.63) is 48.1 Å². The Labute approximate surface area is 325 Å². The molecule has 0 radical (unpaired) electrons. The van der Waals surface area contributed by atoms with Crippen molar-refractivity contribution in [1.82, 2.24) is 10.2 Å². The largest absolute Gasteiger partial charge is 0.459 e. The molecule has 4 rings (SSSR count). The molecule has 1 fully saturated rings. The maximum Gasteiger partial charge on any atom is 0.412 e. The molecule has 0 saturated heterocycles. The Hall–Kier alpha value is -3.69. The predicted octanol–water partition coefficient (Wildman–Crippen LogP) is 5.69. The van der Waals surface area contributed by atoms with Crippen molar-refractivity contribution in [2.24, 2.45) is 22.9 Å². The van der Waals surface area contributed by atoms with Gasteiger partial charge in [-0.2, -0.15) is 0 Å². The molecule has 14 heteroatoms. The summed E-state index contributed by atoms with van der Waals surface area (Å²) in [5, 5.41) is 36.6. The van der Waals surface area contributed by atoms with Crippen LogP contribution >= 0.6 is 0 Å². The Morgan fingerprint density at radius 3 is 2.47 bits per heavy atom. The van der Waals surface area contributed by atoms with Gasteiger partial charge in [0.25, 0.3) is 0 Å². The summed E-state index contributed by atoms with van der Waals surface area (Å²) in [7, 11) is 0. The van der Waals surface area contributed by atoms with Gasteiger partial charge in [0.05, 0.1) is 44.7 Å². The summed E-state index contributed by atoms with van der Waals surface area (Å²) >= 11 is 0. The molecule has 1 aliphatic heterocycles. The van der Waals surface area contributed by atoms with E-state index in [-0.39, 0.29) is 77.0 Å². The van der Waals surface area contributed by atoms with Crippen LogP contribution in [0.4, 0.5) is 9.59 Å². The molecule has 1 saturated carbocycles. The van der Waals surface area contributed by atoms with E-state index in [0.717, 1.165) is 36.8 Å². The number of carbonyl (C=O) groups excluding carboxylic acids is 2. The first-order chi connectivity index (χ1) is 26.5. The second-order valence-electron chi connectivity index (χ2n) is 15.1. The first-order valence-electron chi connectivity index (χ1n) is 19.8. The first kappa shape index (κ1) is 44.0. The average molecular weight is 774 g/mol. The lowest BCUT2D eigenvalue weighted by molar-refractivity contribution is -0.256. The van der Waals surface area contributed by atoms with E-state index in [0.29, 0.717) is 36.6 Å². The minimum absolute atomic E-state index is 0.0134. The highest BCUT2D eigenvalue weighted by Crippen LogP contribution is 2.62. The van der Waals surface area contributed by atoms with Crippen molar-refractivity contribution < 1.29 is 53.4 Å². The fourth-order valence-corrected chi connectivity index (χ4v) is 8.10. The van der Waals surface area contributed by atoms with Crippen molar-refractivity contribution in [3.8, 4) is 11.5 Å². The van der Waals surface area contributed by atoms with Crippen LogP contribution in [0.5, 0.6) is 11.5 Å². The highest BCUT2D eigenvalue weighted by Gasteiger charge is 2.65. The molecule has 1 heterocycles. The summed E-state index contributed by atoms with van der Waals surface area (Å²) in [4.78, 5) is 34.4. The van der Waals surface area contributed by atoms with Crippen LogP contribution < -0.4 is 14.8 Å². The molecular formula is C41H63N3O11. The molecule has 2 amide bonds. The van der Waals surface area contributed by atoms with Gasteiger partial charge < -0.3 is 49.2 Å². The summed E-state index contributed by atoms with van der Waals surface area (Å²) < 4.78 is 31.1. The second kappa shape index (κ2) is 21.0. The zero-order valence-corrected chi connectivity index (χ0v) is 33.3. The molecule has 55 heavy (non-hydrogen) atoms. The summed E-state index contributed by atoms with van der Waals surface area (Å²) in [6.07, 6.45) is 7.29. The summed E-state index contributed by atoms with van der Waals surface area (Å²) in [6, 6.07) is 4.52. The molecule has 14 nitrogen and oxygen atoms in total. The molecule has 1 aromatic carbocycles. The third-order valence-electron chi connectivity index (χ3n) is 10.2. The molecule has 0 spiro atoms. The Bertz CT molecular complexity index is 1480. The van der Waals surface area contributed by atoms with Crippen LogP contribution in [-0.2, 0) is 19.0 Å². The monoisotopic (exact) mass is 773 g/mol. The van der Waals surface area contributed by atoms with Gasteiger partial charge in [-0.1, -0.05) is 30.1 Å². The van der Waals surface area contributed by atoms with Gasteiger partial charge in [0.1, 0.15) is 23.1 Å². The summed E-state index contributed by atoms with van der Waals surface area (Å²) in [6.45, 7) is 14.2. The standard InChI is InChI=1S/C41H63N3O11/c1-7-22-52-41-35(44(39(49)51-9-3)18-23-50-24-21-47)27-33(43-55-40(4,5)6)31-25-28(14-10-12-19-45)30(15-11-13-20-46)36(37(31)41)32-26-29(16-17-34(32)54-41)53-38(48)42-8-2/h7,16-17,25-26,28,30,35-37,45-47H,1,8-15,18-24,27H2,2-6H3,(H,42,48)/t28-,30+,35-,36+,37+,41+/m0/s1. The normalized spacial score (nSPS) is 24.8. The van der Waals surface area contributed by atoms with E-state index < -0.39 is 35.5 Å². The maximum absolute atomic E-state index is 14.0. The number of nitrogens with zero attached hydrogens (tertiary/aromatic N) is 2. The minimum Gasteiger partial charge on any atom is -0.459 e. The average Bonchev–Trinajstić information content (AvgIpc) is 3.14. The fourth-order valence-electron chi connectivity index (χ4n) is 8.10. The molecule has 4 N–H and O–H groups in total. The summed E-state index contributed by atoms with van der Waals surface area (Å²) in [5.74, 6) is -1.46. The third-order valence-corrected chi connectivity index (χ3v) is 10.2. The van der Waals surface area contributed by atoms with E-state index >= 15 is 0 Å². The third kappa shape index (κ3) is 11.0. The SMILES string of the molecule is C=CCO[C@@]12Oc3ccc(OC(=O)NCC)cc3[C@H]3[C@H](CCCCO)[C@@H](CCCCO)C=C(C(=NOC(C)(C)C)C[C@@H]1N(CCOCCO)C(=O)OCC)[C@H]32. The number of hydrogen-bond acceptors (Lipinski definition) is 12. The lowest BCUT2D eigenvalue weighted by Crippen LogP contribution is -2.70.